The van der Waals surface area contributed by atoms with Gasteiger partial charge in [0.15, 0.2) is 11.7 Å². The van der Waals surface area contributed by atoms with Crippen LogP contribution in [0.2, 0.25) is 0 Å². The molecular formula is C19H19N3O3S. The van der Waals surface area contributed by atoms with E-state index in [1.807, 2.05) is 37.3 Å². The van der Waals surface area contributed by atoms with E-state index in [9.17, 15) is 9.59 Å². The molecule has 0 saturated heterocycles. The SMILES string of the molecule is CCCC(=O)Nc1nc2ccc(NC(=O)COc3ccccc3)cc2s1. The van der Waals surface area contributed by atoms with E-state index in [0.717, 1.165) is 16.6 Å². The molecule has 3 aromatic rings. The van der Waals surface area contributed by atoms with Crippen LogP contribution < -0.4 is 15.4 Å². The minimum absolute atomic E-state index is 0.0434. The lowest BCUT2D eigenvalue weighted by Crippen LogP contribution is -2.20. The van der Waals surface area contributed by atoms with Crippen molar-refractivity contribution in [2.24, 2.45) is 0 Å². The van der Waals surface area contributed by atoms with Crippen molar-refractivity contribution in [2.45, 2.75) is 19.8 Å². The number of fused-ring (bicyclic) bond motifs is 1. The Labute approximate surface area is 155 Å². The molecule has 26 heavy (non-hydrogen) atoms. The Hall–Kier alpha value is -2.93. The Balaban J connectivity index is 1.61. The topological polar surface area (TPSA) is 80.3 Å². The van der Waals surface area contributed by atoms with Crippen molar-refractivity contribution >= 4 is 44.2 Å². The van der Waals surface area contributed by atoms with Crippen LogP contribution >= 0.6 is 11.3 Å². The highest BCUT2D eigenvalue weighted by atomic mass is 32.1. The second-order valence-corrected chi connectivity index (χ2v) is 6.68. The Morgan fingerprint density at radius 1 is 1.08 bits per heavy atom. The number of ether oxygens (including phenoxy) is 1. The predicted octanol–water partition coefficient (Wildman–Crippen LogP) is 4.05. The third-order valence-corrected chi connectivity index (χ3v) is 4.44. The number of hydrogen-bond donors (Lipinski definition) is 2. The van der Waals surface area contributed by atoms with E-state index < -0.39 is 0 Å². The molecule has 3 rings (SSSR count). The Bertz CT molecular complexity index is 909. The van der Waals surface area contributed by atoms with Gasteiger partial charge in [0.05, 0.1) is 10.2 Å². The molecule has 2 aromatic carbocycles. The molecule has 1 heterocycles. The maximum Gasteiger partial charge on any atom is 0.262 e. The molecule has 2 N–H and O–H groups in total. The fourth-order valence-corrected chi connectivity index (χ4v) is 3.25. The summed E-state index contributed by atoms with van der Waals surface area (Å²) in [4.78, 5) is 28.1. The van der Waals surface area contributed by atoms with Gasteiger partial charge in [-0.3, -0.25) is 9.59 Å². The Morgan fingerprint density at radius 2 is 1.88 bits per heavy atom. The quantitative estimate of drug-likeness (QED) is 0.658. The van der Waals surface area contributed by atoms with Crippen LogP contribution in [0.15, 0.2) is 48.5 Å². The highest BCUT2D eigenvalue weighted by Gasteiger charge is 2.09. The summed E-state index contributed by atoms with van der Waals surface area (Å²) in [7, 11) is 0. The molecule has 0 unspecified atom stereocenters. The number of aromatic nitrogens is 1. The highest BCUT2D eigenvalue weighted by Crippen LogP contribution is 2.28. The molecular weight excluding hydrogens is 350 g/mol. The number of amides is 2. The van der Waals surface area contributed by atoms with Crippen LogP contribution in [0, 0.1) is 0 Å². The van der Waals surface area contributed by atoms with Crippen LogP contribution in [-0.2, 0) is 9.59 Å². The number of carbonyl (C=O) groups excluding carboxylic acids is 2. The van der Waals surface area contributed by atoms with Crippen LogP contribution in [0.25, 0.3) is 10.2 Å². The molecule has 0 saturated carbocycles. The van der Waals surface area contributed by atoms with Gasteiger partial charge in [0.1, 0.15) is 5.75 Å². The molecule has 0 atom stereocenters. The molecule has 7 heteroatoms. The molecule has 0 aliphatic rings. The molecule has 2 amide bonds. The van der Waals surface area contributed by atoms with Crippen LogP contribution in [0.3, 0.4) is 0 Å². The largest absolute Gasteiger partial charge is 0.484 e. The number of rotatable bonds is 7. The van der Waals surface area contributed by atoms with Crippen molar-refractivity contribution in [1.82, 2.24) is 4.98 Å². The fourth-order valence-electron chi connectivity index (χ4n) is 2.33. The summed E-state index contributed by atoms with van der Waals surface area (Å²) in [6.07, 6.45) is 1.26. The first kappa shape index (κ1) is 17.9. The zero-order valence-corrected chi connectivity index (χ0v) is 15.1. The van der Waals surface area contributed by atoms with Gasteiger partial charge in [-0.2, -0.15) is 0 Å². The minimum atomic E-state index is -0.241. The molecule has 1 aromatic heterocycles. The van der Waals surface area contributed by atoms with Gasteiger partial charge >= 0.3 is 0 Å². The van der Waals surface area contributed by atoms with Crippen LogP contribution in [0.4, 0.5) is 10.8 Å². The van der Waals surface area contributed by atoms with Gasteiger partial charge in [-0.05, 0) is 36.8 Å². The first-order chi connectivity index (χ1) is 12.6. The van der Waals surface area contributed by atoms with Crippen LogP contribution in [-0.4, -0.2) is 23.4 Å². The van der Waals surface area contributed by atoms with E-state index in [0.29, 0.717) is 23.0 Å². The average Bonchev–Trinajstić information content (AvgIpc) is 3.02. The first-order valence-electron chi connectivity index (χ1n) is 8.32. The molecule has 0 aliphatic carbocycles. The lowest BCUT2D eigenvalue weighted by Gasteiger charge is -2.07. The second-order valence-electron chi connectivity index (χ2n) is 5.65. The number of hydrogen-bond acceptors (Lipinski definition) is 5. The molecule has 0 aliphatic heterocycles. The Kier molecular flexibility index (Phi) is 5.80. The molecule has 0 radical (unpaired) electrons. The number of benzene rings is 2. The Morgan fingerprint density at radius 3 is 2.65 bits per heavy atom. The van der Waals surface area contributed by atoms with Crippen LogP contribution in [0.5, 0.6) is 5.75 Å². The van der Waals surface area contributed by atoms with Crippen molar-refractivity contribution in [3.63, 3.8) is 0 Å². The van der Waals surface area contributed by atoms with Gasteiger partial charge in [-0.1, -0.05) is 36.5 Å². The van der Waals surface area contributed by atoms with Crippen LogP contribution in [0.1, 0.15) is 19.8 Å². The zero-order chi connectivity index (χ0) is 18.4. The summed E-state index contributed by atoms with van der Waals surface area (Å²) in [6.45, 7) is 1.89. The lowest BCUT2D eigenvalue weighted by atomic mass is 10.3. The summed E-state index contributed by atoms with van der Waals surface area (Å²) in [5, 5.41) is 6.16. The summed E-state index contributed by atoms with van der Waals surface area (Å²) in [6, 6.07) is 14.6. The van der Waals surface area contributed by atoms with E-state index in [-0.39, 0.29) is 18.4 Å². The first-order valence-corrected chi connectivity index (χ1v) is 9.14. The van der Waals surface area contributed by atoms with Crippen molar-refractivity contribution in [3.8, 4) is 5.75 Å². The molecule has 134 valence electrons. The zero-order valence-electron chi connectivity index (χ0n) is 14.3. The monoisotopic (exact) mass is 369 g/mol. The van der Waals surface area contributed by atoms with E-state index >= 15 is 0 Å². The minimum Gasteiger partial charge on any atom is -0.484 e. The van der Waals surface area contributed by atoms with E-state index in [1.54, 1.807) is 18.2 Å². The number of thiazole rings is 1. The molecule has 0 fully saturated rings. The van der Waals surface area contributed by atoms with Crippen molar-refractivity contribution < 1.29 is 14.3 Å². The lowest BCUT2D eigenvalue weighted by molar-refractivity contribution is -0.118. The number of para-hydroxylation sites is 1. The maximum absolute atomic E-state index is 12.0. The van der Waals surface area contributed by atoms with Gasteiger partial charge in [0, 0.05) is 12.1 Å². The molecule has 0 bridgehead atoms. The second kappa shape index (κ2) is 8.44. The normalized spacial score (nSPS) is 10.5. The van der Waals surface area contributed by atoms with Crippen molar-refractivity contribution in [3.05, 3.63) is 48.5 Å². The van der Waals surface area contributed by atoms with Gasteiger partial charge in [-0.15, -0.1) is 0 Å². The van der Waals surface area contributed by atoms with Gasteiger partial charge < -0.3 is 15.4 Å². The maximum atomic E-state index is 12.0. The summed E-state index contributed by atoms with van der Waals surface area (Å²) in [5.41, 5.74) is 1.44. The average molecular weight is 369 g/mol. The smallest absolute Gasteiger partial charge is 0.262 e. The van der Waals surface area contributed by atoms with E-state index in [1.165, 1.54) is 11.3 Å². The van der Waals surface area contributed by atoms with E-state index in [4.69, 9.17) is 4.74 Å². The molecule has 6 nitrogen and oxygen atoms in total. The van der Waals surface area contributed by atoms with E-state index in [2.05, 4.69) is 15.6 Å². The van der Waals surface area contributed by atoms with Gasteiger partial charge in [0.2, 0.25) is 5.91 Å². The van der Waals surface area contributed by atoms with Crippen molar-refractivity contribution in [1.29, 1.82) is 0 Å². The fraction of sp³-hybridized carbons (Fsp3) is 0.211. The van der Waals surface area contributed by atoms with Gasteiger partial charge in [0.25, 0.3) is 5.91 Å². The number of nitrogens with one attached hydrogen (secondary N) is 2. The highest BCUT2D eigenvalue weighted by molar-refractivity contribution is 7.22. The van der Waals surface area contributed by atoms with Crippen molar-refractivity contribution in [2.75, 3.05) is 17.2 Å². The third-order valence-electron chi connectivity index (χ3n) is 3.51. The number of nitrogens with zero attached hydrogens (tertiary/aromatic N) is 1. The predicted molar refractivity (Wildman–Crippen MR) is 104 cm³/mol. The number of anilines is 2. The summed E-state index contributed by atoms with van der Waals surface area (Å²) >= 11 is 1.38. The number of carbonyl (C=O) groups is 2. The summed E-state index contributed by atoms with van der Waals surface area (Å²) in [5.74, 6) is 0.361. The third kappa shape index (κ3) is 4.80. The standard InChI is InChI=1S/C19H19N3O3S/c1-2-6-17(23)22-19-21-15-10-9-13(11-16(15)26-19)20-18(24)12-25-14-7-4-3-5-8-14/h3-5,7-11H,2,6,12H2,1H3,(H,20,24)(H,21,22,23). The summed E-state index contributed by atoms with van der Waals surface area (Å²) < 4.78 is 6.32. The van der Waals surface area contributed by atoms with Gasteiger partial charge in [-0.25, -0.2) is 4.98 Å². The molecule has 0 spiro atoms.